The van der Waals surface area contributed by atoms with E-state index < -0.39 is 17.5 Å². The molecule has 1 unspecified atom stereocenters. The Kier molecular flexibility index (Phi) is 7.38. The second kappa shape index (κ2) is 9.53. The van der Waals surface area contributed by atoms with E-state index in [1.165, 1.54) is 17.2 Å². The summed E-state index contributed by atoms with van der Waals surface area (Å²) in [6.07, 6.45) is 0.928. The largest absolute Gasteiger partial charge is 0.483 e. The third-order valence-corrected chi connectivity index (χ3v) is 4.69. The molecule has 0 spiro atoms. The van der Waals surface area contributed by atoms with Gasteiger partial charge in [0.1, 0.15) is 0 Å². The predicted octanol–water partition coefficient (Wildman–Crippen LogP) is 3.29. The predicted molar refractivity (Wildman–Crippen MR) is 96.7 cm³/mol. The van der Waals surface area contributed by atoms with Crippen LogP contribution in [-0.4, -0.2) is 48.1 Å². The molecule has 1 atom stereocenters. The Labute approximate surface area is 156 Å². The molecule has 4 nitrogen and oxygen atoms in total. The maximum Gasteiger partial charge on any atom is 0.290 e. The van der Waals surface area contributed by atoms with Gasteiger partial charge in [-0.05, 0) is 37.7 Å². The first kappa shape index (κ1) is 20.9. The molecule has 2 aromatic carbocycles. The minimum Gasteiger partial charge on any atom is -0.483 e. The van der Waals surface area contributed by atoms with Gasteiger partial charge >= 0.3 is 0 Å². The van der Waals surface area contributed by atoms with Crippen molar-refractivity contribution in [2.75, 3.05) is 20.6 Å². The van der Waals surface area contributed by atoms with Crippen molar-refractivity contribution in [1.29, 1.82) is 0 Å². The van der Waals surface area contributed by atoms with Crippen LogP contribution in [0.2, 0.25) is 0 Å². The van der Waals surface area contributed by atoms with Crippen molar-refractivity contribution in [2.24, 2.45) is 0 Å². The molecule has 0 bridgehead atoms. The Morgan fingerprint density at radius 2 is 1.78 bits per heavy atom. The summed E-state index contributed by atoms with van der Waals surface area (Å²) < 4.78 is 40.2. The fourth-order valence-electron chi connectivity index (χ4n) is 3.33. The summed E-state index contributed by atoms with van der Waals surface area (Å²) >= 11 is 0. The summed E-state index contributed by atoms with van der Waals surface area (Å²) in [4.78, 5) is 12.6. The molecule has 1 aliphatic rings. The van der Waals surface area contributed by atoms with Crippen molar-refractivity contribution in [3.8, 4) is 0 Å². The van der Waals surface area contributed by atoms with Crippen molar-refractivity contribution >= 4 is 6.47 Å². The zero-order valence-corrected chi connectivity index (χ0v) is 15.3. The van der Waals surface area contributed by atoms with Crippen molar-refractivity contribution in [1.82, 2.24) is 9.80 Å². The van der Waals surface area contributed by atoms with Crippen LogP contribution in [0.5, 0.6) is 0 Å². The number of fused-ring (bicyclic) bond motifs is 1. The summed E-state index contributed by atoms with van der Waals surface area (Å²) in [6, 6.07) is 11.0. The van der Waals surface area contributed by atoms with Gasteiger partial charge in [0.25, 0.3) is 6.47 Å². The zero-order chi connectivity index (χ0) is 20.0. The van der Waals surface area contributed by atoms with Crippen LogP contribution >= 0.6 is 0 Å². The highest BCUT2D eigenvalue weighted by atomic mass is 19.2. The first-order valence-corrected chi connectivity index (χ1v) is 8.53. The number of benzene rings is 2. The highest BCUT2D eigenvalue weighted by molar-refractivity contribution is 5.32. The Morgan fingerprint density at radius 1 is 1.15 bits per heavy atom. The van der Waals surface area contributed by atoms with Crippen LogP contribution in [0.4, 0.5) is 13.2 Å². The van der Waals surface area contributed by atoms with Crippen molar-refractivity contribution in [2.45, 2.75) is 25.6 Å². The molecule has 0 saturated carbocycles. The van der Waals surface area contributed by atoms with E-state index in [1.807, 2.05) is 24.1 Å². The van der Waals surface area contributed by atoms with Gasteiger partial charge in [0.05, 0.1) is 0 Å². The monoisotopic (exact) mass is 380 g/mol. The number of nitrogens with zero attached hydrogens (tertiary/aromatic N) is 2. The summed E-state index contributed by atoms with van der Waals surface area (Å²) in [5.74, 6) is -3.64. The number of halogens is 3. The lowest BCUT2D eigenvalue weighted by atomic mass is 9.94. The van der Waals surface area contributed by atoms with Gasteiger partial charge in [-0.25, -0.2) is 13.2 Å². The quantitative estimate of drug-likeness (QED) is 0.653. The third kappa shape index (κ3) is 5.30. The SMILES string of the molecule is CN(Cc1ccc(F)c(F)c1F)CC1Cc2ccccc2CN1C.O=CO. The van der Waals surface area contributed by atoms with E-state index in [4.69, 9.17) is 9.90 Å². The summed E-state index contributed by atoms with van der Waals surface area (Å²) in [6.45, 7) is 1.60. The lowest BCUT2D eigenvalue weighted by Crippen LogP contribution is -2.44. The smallest absolute Gasteiger partial charge is 0.290 e. The van der Waals surface area contributed by atoms with Gasteiger partial charge in [-0.1, -0.05) is 30.3 Å². The molecule has 1 N–H and O–H groups in total. The van der Waals surface area contributed by atoms with E-state index >= 15 is 0 Å². The molecule has 0 saturated heterocycles. The highest BCUT2D eigenvalue weighted by Gasteiger charge is 2.24. The molecule has 0 fully saturated rings. The number of likely N-dealkylation sites (N-methyl/N-ethyl adjacent to an activating group) is 2. The molecule has 1 aliphatic heterocycles. The average Bonchev–Trinajstić information content (AvgIpc) is 2.63. The van der Waals surface area contributed by atoms with Gasteiger partial charge in [0, 0.05) is 31.2 Å². The average molecular weight is 380 g/mol. The molecule has 3 rings (SSSR count). The van der Waals surface area contributed by atoms with Crippen LogP contribution in [0.3, 0.4) is 0 Å². The van der Waals surface area contributed by atoms with E-state index in [2.05, 4.69) is 24.1 Å². The summed E-state index contributed by atoms with van der Waals surface area (Å²) in [5.41, 5.74) is 2.86. The Morgan fingerprint density at radius 3 is 2.44 bits per heavy atom. The van der Waals surface area contributed by atoms with Gasteiger partial charge in [-0.15, -0.1) is 0 Å². The van der Waals surface area contributed by atoms with E-state index in [1.54, 1.807) is 0 Å². The molecule has 2 aromatic rings. The lowest BCUT2D eigenvalue weighted by Gasteiger charge is -2.36. The maximum atomic E-state index is 13.8. The molecule has 0 aliphatic carbocycles. The van der Waals surface area contributed by atoms with Crippen LogP contribution in [0.25, 0.3) is 0 Å². The molecule has 1 heterocycles. The zero-order valence-electron chi connectivity index (χ0n) is 15.3. The number of carbonyl (C=O) groups is 1. The maximum absolute atomic E-state index is 13.8. The normalized spacial score (nSPS) is 16.4. The van der Waals surface area contributed by atoms with Gasteiger partial charge in [0.15, 0.2) is 17.5 Å². The molecule has 7 heteroatoms. The Bertz CT molecular complexity index is 786. The summed E-state index contributed by atoms with van der Waals surface area (Å²) in [5, 5.41) is 6.89. The van der Waals surface area contributed by atoms with Crippen molar-refractivity contribution in [3.63, 3.8) is 0 Å². The van der Waals surface area contributed by atoms with E-state index in [-0.39, 0.29) is 18.6 Å². The van der Waals surface area contributed by atoms with Crippen LogP contribution in [-0.2, 0) is 24.3 Å². The second-order valence-corrected chi connectivity index (χ2v) is 6.68. The van der Waals surface area contributed by atoms with Crippen LogP contribution < -0.4 is 0 Å². The van der Waals surface area contributed by atoms with Gasteiger partial charge in [0.2, 0.25) is 0 Å². The number of hydrogen-bond acceptors (Lipinski definition) is 3. The minimum absolute atomic E-state index is 0.176. The Balaban J connectivity index is 0.000000817. The number of hydrogen-bond donors (Lipinski definition) is 1. The van der Waals surface area contributed by atoms with E-state index in [9.17, 15) is 13.2 Å². The molecule has 146 valence electrons. The molecule has 0 aromatic heterocycles. The standard InChI is InChI=1S/C19H21F3N2.CH2O2/c1-23(10-15-7-8-17(20)19(22)18(15)21)12-16-9-13-5-3-4-6-14(13)11-24(16)2;2-1-3/h3-8,16H,9-12H2,1-2H3;1H,(H,2,3). The number of carboxylic acid groups (broad SMARTS) is 1. The first-order valence-electron chi connectivity index (χ1n) is 8.53. The molecule has 0 radical (unpaired) electrons. The molecular weight excluding hydrogens is 357 g/mol. The number of rotatable bonds is 4. The van der Waals surface area contributed by atoms with Crippen molar-refractivity contribution < 1.29 is 23.1 Å². The first-order chi connectivity index (χ1) is 12.9. The van der Waals surface area contributed by atoms with Crippen LogP contribution in [0.1, 0.15) is 16.7 Å². The van der Waals surface area contributed by atoms with E-state index in [0.29, 0.717) is 6.04 Å². The molecule has 0 amide bonds. The lowest BCUT2D eigenvalue weighted by molar-refractivity contribution is -0.122. The third-order valence-electron chi connectivity index (χ3n) is 4.69. The van der Waals surface area contributed by atoms with Crippen LogP contribution in [0.15, 0.2) is 36.4 Å². The van der Waals surface area contributed by atoms with Gasteiger partial charge < -0.3 is 10.0 Å². The van der Waals surface area contributed by atoms with Gasteiger partial charge in [-0.2, -0.15) is 0 Å². The van der Waals surface area contributed by atoms with E-state index in [0.717, 1.165) is 25.6 Å². The fraction of sp³-hybridized carbons (Fsp3) is 0.350. The minimum atomic E-state index is -1.40. The molecular formula is C20H23F3N2O2. The van der Waals surface area contributed by atoms with Crippen molar-refractivity contribution in [3.05, 3.63) is 70.5 Å². The fourth-order valence-corrected chi connectivity index (χ4v) is 3.33. The summed E-state index contributed by atoms with van der Waals surface area (Å²) in [7, 11) is 3.95. The van der Waals surface area contributed by atoms with Crippen LogP contribution in [0, 0.1) is 17.5 Å². The second-order valence-electron chi connectivity index (χ2n) is 6.68. The highest BCUT2D eigenvalue weighted by Crippen LogP contribution is 2.23. The Hall–Kier alpha value is -2.38. The van der Waals surface area contributed by atoms with Gasteiger partial charge in [-0.3, -0.25) is 9.69 Å². The molecule has 27 heavy (non-hydrogen) atoms. The topological polar surface area (TPSA) is 43.8 Å².